The average Bonchev–Trinajstić information content (AvgIpc) is 2.78. The van der Waals surface area contributed by atoms with Crippen molar-refractivity contribution in [1.29, 1.82) is 0 Å². The van der Waals surface area contributed by atoms with Crippen LogP contribution in [-0.2, 0) is 4.79 Å². The lowest BCUT2D eigenvalue weighted by Crippen LogP contribution is -2.33. The molecule has 0 amide bonds. The van der Waals surface area contributed by atoms with Crippen molar-refractivity contribution in [3.05, 3.63) is 33.9 Å². The van der Waals surface area contributed by atoms with Gasteiger partial charge in [-0.2, -0.15) is 0 Å². The van der Waals surface area contributed by atoms with E-state index in [9.17, 15) is 20.0 Å². The number of nitro groups is 1. The molecule has 3 N–H and O–H groups in total. The lowest BCUT2D eigenvalue weighted by atomic mass is 10.1. The Morgan fingerprint density at radius 1 is 1.56 bits per heavy atom. The first kappa shape index (κ1) is 12.7. The molecule has 0 bridgehead atoms. The summed E-state index contributed by atoms with van der Waals surface area (Å²) >= 11 is 1.36. The van der Waals surface area contributed by atoms with Gasteiger partial charge >= 0.3 is 11.7 Å². The van der Waals surface area contributed by atoms with E-state index in [1.54, 1.807) is 0 Å². The normalized spacial score (nSPS) is 22.9. The summed E-state index contributed by atoms with van der Waals surface area (Å²) in [6.45, 7) is 0. The SMILES string of the molecule is O=C(O)[C@H]1CS[C@@H](c2ccc(O)c([N+](=O)[O-])c2)N1. The number of nitrogens with zero attached hydrogens (tertiary/aromatic N) is 1. The lowest BCUT2D eigenvalue weighted by Gasteiger charge is -2.11. The summed E-state index contributed by atoms with van der Waals surface area (Å²) in [6.07, 6.45) is 0. The topological polar surface area (TPSA) is 113 Å². The zero-order valence-corrected chi connectivity index (χ0v) is 9.88. The average molecular weight is 270 g/mol. The third-order valence-corrected chi connectivity index (χ3v) is 3.85. The molecular weight excluding hydrogens is 260 g/mol. The van der Waals surface area contributed by atoms with Gasteiger partial charge in [-0.15, -0.1) is 11.8 Å². The van der Waals surface area contributed by atoms with E-state index in [0.717, 1.165) is 0 Å². The summed E-state index contributed by atoms with van der Waals surface area (Å²) in [4.78, 5) is 20.8. The fraction of sp³-hybridized carbons (Fsp3) is 0.300. The minimum absolute atomic E-state index is 0.314. The van der Waals surface area contributed by atoms with Gasteiger partial charge in [-0.05, 0) is 11.6 Å². The summed E-state index contributed by atoms with van der Waals surface area (Å²) in [6, 6.07) is 3.37. The van der Waals surface area contributed by atoms with Crippen LogP contribution in [0.25, 0.3) is 0 Å². The van der Waals surface area contributed by atoms with Gasteiger partial charge in [0.1, 0.15) is 6.04 Å². The second-order valence-electron chi connectivity index (χ2n) is 3.78. The number of carbonyl (C=O) groups is 1. The van der Waals surface area contributed by atoms with Crippen LogP contribution in [0.1, 0.15) is 10.9 Å². The maximum absolute atomic E-state index is 10.8. The van der Waals surface area contributed by atoms with Crippen LogP contribution in [0.4, 0.5) is 5.69 Å². The zero-order chi connectivity index (χ0) is 13.3. The smallest absolute Gasteiger partial charge is 0.321 e. The highest BCUT2D eigenvalue weighted by Crippen LogP contribution is 2.36. The summed E-state index contributed by atoms with van der Waals surface area (Å²) in [5.41, 5.74) is 0.196. The number of phenols is 1. The number of nitro benzene ring substituents is 1. The molecule has 1 saturated heterocycles. The molecule has 1 fully saturated rings. The monoisotopic (exact) mass is 270 g/mol. The third-order valence-electron chi connectivity index (χ3n) is 2.58. The van der Waals surface area contributed by atoms with Crippen LogP contribution >= 0.6 is 11.8 Å². The number of phenolic OH excluding ortho intramolecular Hbond substituents is 1. The molecule has 1 heterocycles. The van der Waals surface area contributed by atoms with Crippen LogP contribution in [0.5, 0.6) is 5.75 Å². The quantitative estimate of drug-likeness (QED) is 0.556. The highest BCUT2D eigenvalue weighted by atomic mass is 32.2. The van der Waals surface area contributed by atoms with Gasteiger partial charge in [0.15, 0.2) is 5.75 Å². The predicted molar refractivity (Wildman–Crippen MR) is 64.5 cm³/mol. The Morgan fingerprint density at radius 3 is 2.83 bits per heavy atom. The molecule has 1 aromatic carbocycles. The van der Waals surface area contributed by atoms with Crippen LogP contribution in [-0.4, -0.2) is 32.9 Å². The van der Waals surface area contributed by atoms with E-state index in [2.05, 4.69) is 5.32 Å². The number of rotatable bonds is 3. The maximum Gasteiger partial charge on any atom is 0.321 e. The van der Waals surface area contributed by atoms with Crippen molar-refractivity contribution in [2.45, 2.75) is 11.4 Å². The van der Waals surface area contributed by atoms with Gasteiger partial charge in [0.2, 0.25) is 0 Å². The summed E-state index contributed by atoms with van der Waals surface area (Å²) < 4.78 is 0. The van der Waals surface area contributed by atoms with Gasteiger partial charge in [-0.1, -0.05) is 6.07 Å². The van der Waals surface area contributed by atoms with Crippen molar-refractivity contribution >= 4 is 23.4 Å². The third kappa shape index (κ3) is 2.39. The van der Waals surface area contributed by atoms with Crippen LogP contribution in [0, 0.1) is 10.1 Å². The number of aromatic hydroxyl groups is 1. The van der Waals surface area contributed by atoms with Crippen molar-refractivity contribution in [2.75, 3.05) is 5.75 Å². The molecule has 2 rings (SSSR count). The fourth-order valence-corrected chi connectivity index (χ4v) is 2.88. The zero-order valence-electron chi connectivity index (χ0n) is 9.07. The fourth-order valence-electron chi connectivity index (χ4n) is 1.66. The number of thioether (sulfide) groups is 1. The van der Waals surface area contributed by atoms with Crippen LogP contribution in [0.3, 0.4) is 0 Å². The van der Waals surface area contributed by atoms with Gasteiger partial charge in [0.05, 0.1) is 10.3 Å². The lowest BCUT2D eigenvalue weighted by molar-refractivity contribution is -0.385. The molecule has 1 aliphatic rings. The second-order valence-corrected chi connectivity index (χ2v) is 4.91. The first-order chi connectivity index (χ1) is 8.49. The summed E-state index contributed by atoms with van der Waals surface area (Å²) in [5.74, 6) is -0.950. The van der Waals surface area contributed by atoms with Crippen molar-refractivity contribution in [3.63, 3.8) is 0 Å². The van der Waals surface area contributed by atoms with Gasteiger partial charge in [-0.25, -0.2) is 0 Å². The molecule has 96 valence electrons. The van der Waals surface area contributed by atoms with E-state index < -0.39 is 22.7 Å². The van der Waals surface area contributed by atoms with Crippen molar-refractivity contribution in [3.8, 4) is 5.75 Å². The molecule has 7 nitrogen and oxygen atoms in total. The van der Waals surface area contributed by atoms with E-state index >= 15 is 0 Å². The minimum atomic E-state index is -0.946. The van der Waals surface area contributed by atoms with Crippen LogP contribution < -0.4 is 5.32 Å². The van der Waals surface area contributed by atoms with E-state index in [4.69, 9.17) is 5.11 Å². The molecule has 0 aromatic heterocycles. The Bertz CT molecular complexity index is 507. The molecule has 1 aromatic rings. The van der Waals surface area contributed by atoms with Crippen molar-refractivity contribution in [1.82, 2.24) is 5.32 Å². The molecule has 0 radical (unpaired) electrons. The van der Waals surface area contributed by atoms with Gasteiger partial charge in [0, 0.05) is 11.8 Å². The van der Waals surface area contributed by atoms with Crippen LogP contribution in [0.15, 0.2) is 18.2 Å². The first-order valence-electron chi connectivity index (χ1n) is 5.07. The molecule has 18 heavy (non-hydrogen) atoms. The largest absolute Gasteiger partial charge is 0.502 e. The second kappa shape index (κ2) is 4.83. The van der Waals surface area contributed by atoms with E-state index in [-0.39, 0.29) is 11.1 Å². The van der Waals surface area contributed by atoms with E-state index in [0.29, 0.717) is 11.3 Å². The molecular formula is C10H10N2O5S. The number of hydrogen-bond acceptors (Lipinski definition) is 6. The van der Waals surface area contributed by atoms with Gasteiger partial charge in [0.25, 0.3) is 0 Å². The van der Waals surface area contributed by atoms with Crippen LogP contribution in [0.2, 0.25) is 0 Å². The maximum atomic E-state index is 10.8. The Hall–Kier alpha value is -1.80. The number of carboxylic acids is 1. The van der Waals surface area contributed by atoms with Gasteiger partial charge < -0.3 is 10.2 Å². The molecule has 2 atom stereocenters. The highest BCUT2D eigenvalue weighted by molar-refractivity contribution is 7.99. The Kier molecular flexibility index (Phi) is 3.39. The summed E-state index contributed by atoms with van der Waals surface area (Å²) in [5, 5.41) is 31.4. The number of benzene rings is 1. The molecule has 0 saturated carbocycles. The Labute approximate surface area is 106 Å². The number of carboxylic acid groups (broad SMARTS) is 1. The highest BCUT2D eigenvalue weighted by Gasteiger charge is 2.31. The number of hydrogen-bond donors (Lipinski definition) is 3. The van der Waals surface area contributed by atoms with Crippen molar-refractivity contribution in [2.24, 2.45) is 0 Å². The molecule has 0 unspecified atom stereocenters. The Balaban J connectivity index is 2.22. The molecule has 1 aliphatic heterocycles. The summed E-state index contributed by atoms with van der Waals surface area (Å²) in [7, 11) is 0. The molecule has 8 heteroatoms. The van der Waals surface area contributed by atoms with E-state index in [1.807, 2.05) is 0 Å². The van der Waals surface area contributed by atoms with Crippen molar-refractivity contribution < 1.29 is 19.9 Å². The molecule has 0 spiro atoms. The van der Waals surface area contributed by atoms with Gasteiger partial charge in [-0.3, -0.25) is 20.2 Å². The first-order valence-corrected chi connectivity index (χ1v) is 6.11. The number of nitrogens with one attached hydrogen (secondary N) is 1. The molecule has 0 aliphatic carbocycles. The Morgan fingerprint density at radius 2 is 2.28 bits per heavy atom. The van der Waals surface area contributed by atoms with E-state index in [1.165, 1.54) is 30.0 Å². The minimum Gasteiger partial charge on any atom is -0.502 e. The standard InChI is InChI=1S/C10H10N2O5S/c13-8-2-1-5(3-7(8)12(16)17)9-11-6(4-18-9)10(14)15/h1-3,6,9,11,13H,4H2,(H,14,15)/t6-,9+/m1/s1. The predicted octanol–water partition coefficient (Wildman–Crippen LogP) is 1.09. The number of aliphatic carboxylic acids is 1.